The Morgan fingerprint density at radius 3 is 1.60 bits per heavy atom. The summed E-state index contributed by atoms with van der Waals surface area (Å²) >= 11 is 0. The third-order valence-corrected chi connectivity index (χ3v) is 16.4. The fourth-order valence-corrected chi connectivity index (χ4v) is 12.4. The van der Waals surface area contributed by atoms with E-state index in [1.54, 1.807) is 0 Å². The van der Waals surface area contributed by atoms with Crippen LogP contribution >= 0.6 is 0 Å². The van der Waals surface area contributed by atoms with E-state index in [2.05, 4.69) is 265 Å². The first-order chi connectivity index (χ1) is 36.1. The van der Waals surface area contributed by atoms with Crippen molar-refractivity contribution in [3.63, 3.8) is 0 Å². The highest BCUT2D eigenvalue weighted by molar-refractivity contribution is 6.99. The maximum atomic E-state index is 7.46. The Hall–Kier alpha value is -7.76. The molecule has 11 aromatic rings. The molecule has 0 radical (unpaired) electrons. The van der Waals surface area contributed by atoms with Crippen molar-refractivity contribution in [2.45, 2.75) is 105 Å². The lowest BCUT2D eigenvalue weighted by Gasteiger charge is -2.42. The van der Waals surface area contributed by atoms with E-state index in [-0.39, 0.29) is 23.0 Å². The van der Waals surface area contributed by atoms with Crippen LogP contribution in [0.4, 0.5) is 17.1 Å². The number of para-hydroxylation sites is 3. The lowest BCUT2D eigenvalue weighted by Crippen LogP contribution is -2.59. The molecule has 0 saturated carbocycles. The molecule has 370 valence electrons. The van der Waals surface area contributed by atoms with Crippen molar-refractivity contribution in [3.8, 4) is 34.0 Å². The highest BCUT2D eigenvalue weighted by Gasteiger charge is 2.44. The Morgan fingerprint density at radius 2 is 1.00 bits per heavy atom. The minimum Gasteiger partial charge on any atom is -0.458 e. The summed E-state index contributed by atoms with van der Waals surface area (Å²) in [5.41, 5.74) is 21.8. The molecule has 0 atom stereocenters. The van der Waals surface area contributed by atoms with Gasteiger partial charge < -0.3 is 18.8 Å². The van der Waals surface area contributed by atoms with Crippen LogP contribution in [0.3, 0.4) is 0 Å². The zero-order valence-electron chi connectivity index (χ0n) is 45.3. The van der Waals surface area contributed by atoms with Crippen LogP contribution in [0.5, 0.6) is 11.5 Å². The predicted octanol–water partition coefficient (Wildman–Crippen LogP) is 17.2. The number of rotatable bonds is 7. The van der Waals surface area contributed by atoms with E-state index in [0.717, 1.165) is 42.1 Å². The van der Waals surface area contributed by atoms with Gasteiger partial charge in [-0.3, -0.25) is 0 Å². The Kier molecular flexibility index (Phi) is 10.7. The molecule has 0 saturated heterocycles. The molecular weight excluding hydrogens is 910 g/mol. The molecule has 4 heterocycles. The summed E-state index contributed by atoms with van der Waals surface area (Å²) < 4.78 is 12.4. The molecule has 2 aliphatic rings. The van der Waals surface area contributed by atoms with Gasteiger partial charge in [0, 0.05) is 55.9 Å². The van der Waals surface area contributed by atoms with E-state index in [1.165, 1.54) is 110 Å². The van der Waals surface area contributed by atoms with Crippen molar-refractivity contribution in [3.05, 3.63) is 204 Å². The van der Waals surface area contributed by atoms with Crippen molar-refractivity contribution < 1.29 is 4.74 Å². The molecule has 0 N–H and O–H groups in total. The summed E-state index contributed by atoms with van der Waals surface area (Å²) in [6.07, 6.45) is 3.17. The van der Waals surface area contributed by atoms with E-state index in [9.17, 15) is 0 Å². The molecule has 0 unspecified atom stereocenters. The van der Waals surface area contributed by atoms with E-state index in [1.807, 2.05) is 0 Å². The normalized spacial score (nSPS) is 13.4. The number of hydrogen-bond donors (Lipinski definition) is 0. The molecule has 13 rings (SSSR count). The van der Waals surface area contributed by atoms with Crippen molar-refractivity contribution >= 4 is 83.8 Å². The summed E-state index contributed by atoms with van der Waals surface area (Å²) in [7, 11) is 0. The quantitative estimate of drug-likeness (QED) is 0.149. The van der Waals surface area contributed by atoms with E-state index >= 15 is 0 Å². The molecule has 2 aromatic heterocycles. The standard InChI is InChI=1S/C70H66BN3O/c1-11-12-21-45-24-20-27-51(44-22-14-13-15-23-44)67(45)74-62-42-49(72-58-28-18-16-25-52(58)54-38-46(68(2,3)4)30-36-60(54)72)32-34-56(62)71-57-35-33-50(43-64(57)75-65-41-48(70(8,9)10)40-63(74)66(65)71)73-59-29-19-17-26-53(59)55-39-47(69(5,6)7)31-37-61(55)73/h13-20,22-43H,11-12,21H2,1-10H3. The Morgan fingerprint density at radius 1 is 0.440 bits per heavy atom. The van der Waals surface area contributed by atoms with Gasteiger partial charge in [-0.25, -0.2) is 0 Å². The summed E-state index contributed by atoms with van der Waals surface area (Å²) in [5.74, 6) is 1.82. The zero-order chi connectivity index (χ0) is 51.7. The number of fused-ring (bicyclic) bond motifs is 10. The molecule has 0 fully saturated rings. The molecule has 0 bridgehead atoms. The van der Waals surface area contributed by atoms with Gasteiger partial charge in [0.15, 0.2) is 0 Å². The number of aryl methyl sites for hydroxylation is 1. The van der Waals surface area contributed by atoms with Crippen molar-refractivity contribution in [1.82, 2.24) is 9.13 Å². The SMILES string of the molecule is CCCCc1cccc(-c2ccccc2)c1N1c2cc(-n3c4ccccc4c4cc(C(C)(C)C)ccc43)ccc2B2c3ccc(-n4c5ccccc5c5cc(C(C)(C)C)ccc54)cc3Oc3cc(C(C)(C)C)cc1c32. The molecule has 4 nitrogen and oxygen atoms in total. The van der Waals surface area contributed by atoms with Crippen LogP contribution in [0.1, 0.15) is 104 Å². The van der Waals surface area contributed by atoms with Gasteiger partial charge in [-0.15, -0.1) is 0 Å². The van der Waals surface area contributed by atoms with Crippen LogP contribution < -0.4 is 26.0 Å². The predicted molar refractivity (Wildman–Crippen MR) is 321 cm³/mol. The number of hydrogen-bond acceptors (Lipinski definition) is 2. The van der Waals surface area contributed by atoms with Gasteiger partial charge >= 0.3 is 0 Å². The van der Waals surface area contributed by atoms with Crippen molar-refractivity contribution in [2.24, 2.45) is 0 Å². The fourth-order valence-electron chi connectivity index (χ4n) is 12.4. The third kappa shape index (κ3) is 7.55. The van der Waals surface area contributed by atoms with Crippen LogP contribution in [0.2, 0.25) is 0 Å². The smallest absolute Gasteiger partial charge is 0.256 e. The van der Waals surface area contributed by atoms with Gasteiger partial charge in [0.25, 0.3) is 6.71 Å². The van der Waals surface area contributed by atoms with Gasteiger partial charge in [-0.05, 0) is 140 Å². The van der Waals surface area contributed by atoms with Crippen LogP contribution in [0, 0.1) is 0 Å². The molecule has 75 heavy (non-hydrogen) atoms. The van der Waals surface area contributed by atoms with E-state index in [0.29, 0.717) is 0 Å². The first-order valence-electron chi connectivity index (χ1n) is 27.3. The Labute approximate surface area is 443 Å². The third-order valence-electron chi connectivity index (χ3n) is 16.4. The number of unbranched alkanes of at least 4 members (excludes halogenated alkanes) is 1. The van der Waals surface area contributed by atoms with Crippen LogP contribution in [0.15, 0.2) is 182 Å². The number of nitrogens with zero attached hydrogens (tertiary/aromatic N) is 3. The first kappa shape index (κ1) is 47.0. The minimum atomic E-state index is -0.173. The van der Waals surface area contributed by atoms with Crippen LogP contribution in [-0.4, -0.2) is 15.8 Å². The molecular formula is C70H66BN3O. The number of benzene rings is 9. The molecule has 0 spiro atoms. The van der Waals surface area contributed by atoms with Gasteiger partial charge in [-0.1, -0.05) is 185 Å². The van der Waals surface area contributed by atoms with Crippen molar-refractivity contribution in [1.29, 1.82) is 0 Å². The van der Waals surface area contributed by atoms with Gasteiger partial charge in [0.05, 0.1) is 27.8 Å². The monoisotopic (exact) mass is 976 g/mol. The molecule has 0 amide bonds. The highest BCUT2D eigenvalue weighted by Crippen LogP contribution is 2.49. The Bertz CT molecular complexity index is 4100. The van der Waals surface area contributed by atoms with E-state index in [4.69, 9.17) is 4.74 Å². The largest absolute Gasteiger partial charge is 0.458 e. The first-order valence-corrected chi connectivity index (χ1v) is 27.3. The maximum Gasteiger partial charge on any atom is 0.256 e. The lowest BCUT2D eigenvalue weighted by atomic mass is 9.34. The summed E-state index contributed by atoms with van der Waals surface area (Å²) in [6.45, 7) is 23.0. The second-order valence-corrected chi connectivity index (χ2v) is 24.4. The zero-order valence-corrected chi connectivity index (χ0v) is 45.3. The van der Waals surface area contributed by atoms with Gasteiger partial charge in [-0.2, -0.15) is 0 Å². The average Bonchev–Trinajstić information content (AvgIpc) is 3.94. The molecule has 2 aliphatic heterocycles. The van der Waals surface area contributed by atoms with Crippen LogP contribution in [-0.2, 0) is 22.7 Å². The molecule has 9 aromatic carbocycles. The van der Waals surface area contributed by atoms with Gasteiger partial charge in [0.2, 0.25) is 0 Å². The van der Waals surface area contributed by atoms with Gasteiger partial charge in [0.1, 0.15) is 11.5 Å². The Balaban J connectivity index is 1.10. The second kappa shape index (κ2) is 17.1. The summed E-state index contributed by atoms with van der Waals surface area (Å²) in [6, 6.07) is 69.1. The average molecular weight is 976 g/mol. The highest BCUT2D eigenvalue weighted by atomic mass is 16.5. The molecule has 0 aliphatic carbocycles. The summed E-state index contributed by atoms with van der Waals surface area (Å²) in [4.78, 5) is 2.65. The fraction of sp³-hybridized carbons (Fsp3) is 0.229. The lowest BCUT2D eigenvalue weighted by molar-refractivity contribution is 0.483. The topological polar surface area (TPSA) is 22.3 Å². The second-order valence-electron chi connectivity index (χ2n) is 24.4. The van der Waals surface area contributed by atoms with Crippen molar-refractivity contribution in [2.75, 3.05) is 4.90 Å². The minimum absolute atomic E-state index is 0.0177. The number of aromatic nitrogens is 2. The number of ether oxygens (including phenoxy) is 1. The van der Waals surface area contributed by atoms with Crippen LogP contribution in [0.25, 0.3) is 66.1 Å². The number of anilines is 3. The molecule has 5 heteroatoms. The maximum absolute atomic E-state index is 7.46. The summed E-state index contributed by atoms with van der Waals surface area (Å²) in [5, 5.41) is 5.07. The van der Waals surface area contributed by atoms with E-state index < -0.39 is 0 Å².